The first-order chi connectivity index (χ1) is 9.54. The van der Waals surface area contributed by atoms with E-state index in [2.05, 4.69) is 4.98 Å². The molecule has 1 amide bonds. The number of nitrogens with zero attached hydrogens (tertiary/aromatic N) is 2. The third-order valence-corrected chi connectivity index (χ3v) is 3.33. The third-order valence-electron chi connectivity index (χ3n) is 3.14. The van der Waals surface area contributed by atoms with Crippen LogP contribution in [0.1, 0.15) is 24.2 Å². The molecule has 5 heteroatoms. The SMILES string of the molecule is CC(C)N(CCO)C(=O)c1cc(Cl)nc2ccccc12. The van der Waals surface area contributed by atoms with Crippen molar-refractivity contribution < 1.29 is 9.90 Å². The Balaban J connectivity index is 2.53. The second kappa shape index (κ2) is 6.20. The van der Waals surface area contributed by atoms with Crippen molar-refractivity contribution in [1.82, 2.24) is 9.88 Å². The molecule has 0 unspecified atom stereocenters. The van der Waals surface area contributed by atoms with Gasteiger partial charge in [-0.15, -0.1) is 0 Å². The molecule has 0 aliphatic carbocycles. The van der Waals surface area contributed by atoms with Crippen LogP contribution in [-0.2, 0) is 0 Å². The van der Waals surface area contributed by atoms with Crippen molar-refractivity contribution in [2.45, 2.75) is 19.9 Å². The number of aliphatic hydroxyl groups excluding tert-OH is 1. The number of halogens is 1. The summed E-state index contributed by atoms with van der Waals surface area (Å²) in [7, 11) is 0. The first-order valence-corrected chi connectivity index (χ1v) is 6.89. The third kappa shape index (κ3) is 2.92. The number of aliphatic hydroxyl groups is 1. The van der Waals surface area contributed by atoms with E-state index in [0.717, 1.165) is 5.39 Å². The van der Waals surface area contributed by atoms with Crippen molar-refractivity contribution in [3.8, 4) is 0 Å². The molecule has 1 aromatic heterocycles. The monoisotopic (exact) mass is 292 g/mol. The predicted molar refractivity (Wildman–Crippen MR) is 80.0 cm³/mol. The summed E-state index contributed by atoms with van der Waals surface area (Å²) in [4.78, 5) is 18.5. The van der Waals surface area contributed by atoms with Crippen LogP contribution in [0.25, 0.3) is 10.9 Å². The van der Waals surface area contributed by atoms with Crippen LogP contribution in [0.2, 0.25) is 5.15 Å². The normalized spacial score (nSPS) is 11.1. The number of benzene rings is 1. The Morgan fingerprint density at radius 3 is 2.75 bits per heavy atom. The van der Waals surface area contributed by atoms with Gasteiger partial charge >= 0.3 is 0 Å². The van der Waals surface area contributed by atoms with E-state index in [1.165, 1.54) is 0 Å². The summed E-state index contributed by atoms with van der Waals surface area (Å²) in [5, 5.41) is 10.2. The van der Waals surface area contributed by atoms with Crippen LogP contribution in [0.5, 0.6) is 0 Å². The van der Waals surface area contributed by atoms with Crippen molar-refractivity contribution >= 4 is 28.4 Å². The Bertz CT molecular complexity index is 628. The average Bonchev–Trinajstić information content (AvgIpc) is 2.42. The zero-order chi connectivity index (χ0) is 14.7. The minimum Gasteiger partial charge on any atom is -0.395 e. The van der Waals surface area contributed by atoms with E-state index in [1.54, 1.807) is 11.0 Å². The van der Waals surface area contributed by atoms with E-state index in [1.807, 2.05) is 38.1 Å². The smallest absolute Gasteiger partial charge is 0.254 e. The molecule has 0 bridgehead atoms. The van der Waals surface area contributed by atoms with Crippen molar-refractivity contribution in [3.63, 3.8) is 0 Å². The highest BCUT2D eigenvalue weighted by Gasteiger charge is 2.21. The van der Waals surface area contributed by atoms with E-state index < -0.39 is 0 Å². The average molecular weight is 293 g/mol. The van der Waals surface area contributed by atoms with Crippen LogP contribution in [-0.4, -0.2) is 40.1 Å². The van der Waals surface area contributed by atoms with Crippen molar-refractivity contribution in [2.75, 3.05) is 13.2 Å². The minimum absolute atomic E-state index is 0.000327. The topological polar surface area (TPSA) is 53.4 Å². The van der Waals surface area contributed by atoms with Crippen LogP contribution in [0.3, 0.4) is 0 Å². The summed E-state index contributed by atoms with van der Waals surface area (Å²) in [6, 6.07) is 8.97. The number of amides is 1. The van der Waals surface area contributed by atoms with E-state index in [-0.39, 0.29) is 18.6 Å². The van der Waals surface area contributed by atoms with Crippen molar-refractivity contribution in [2.24, 2.45) is 0 Å². The van der Waals surface area contributed by atoms with Gasteiger partial charge in [-0.3, -0.25) is 4.79 Å². The molecule has 0 saturated carbocycles. The highest BCUT2D eigenvalue weighted by Crippen LogP contribution is 2.22. The van der Waals surface area contributed by atoms with Gasteiger partial charge in [0.15, 0.2) is 0 Å². The zero-order valence-corrected chi connectivity index (χ0v) is 12.3. The number of rotatable bonds is 4. The van der Waals surface area contributed by atoms with Crippen LogP contribution in [0.15, 0.2) is 30.3 Å². The molecule has 0 saturated heterocycles. The quantitative estimate of drug-likeness (QED) is 0.882. The molecular weight excluding hydrogens is 276 g/mol. The Hall–Kier alpha value is -1.65. The summed E-state index contributed by atoms with van der Waals surface area (Å²) in [5.41, 5.74) is 1.21. The van der Waals surface area contributed by atoms with E-state index in [0.29, 0.717) is 22.8 Å². The largest absolute Gasteiger partial charge is 0.395 e. The van der Waals surface area contributed by atoms with Gasteiger partial charge in [-0.1, -0.05) is 29.8 Å². The molecule has 0 radical (unpaired) electrons. The summed E-state index contributed by atoms with van der Waals surface area (Å²) in [5.74, 6) is -0.144. The molecule has 0 aliphatic heterocycles. The highest BCUT2D eigenvalue weighted by molar-refractivity contribution is 6.30. The lowest BCUT2D eigenvalue weighted by molar-refractivity contribution is 0.0667. The number of carbonyl (C=O) groups is 1. The molecule has 0 spiro atoms. The van der Waals surface area contributed by atoms with Crippen LogP contribution in [0, 0.1) is 0 Å². The predicted octanol–water partition coefficient (Wildman–Crippen LogP) is 2.73. The Labute approximate surface area is 123 Å². The van der Waals surface area contributed by atoms with E-state index in [4.69, 9.17) is 16.7 Å². The summed E-state index contributed by atoms with van der Waals surface area (Å²) >= 11 is 6.00. The summed E-state index contributed by atoms with van der Waals surface area (Å²) in [6.07, 6.45) is 0. The molecule has 0 aliphatic rings. The number of fused-ring (bicyclic) bond motifs is 1. The standard InChI is InChI=1S/C15H17ClN2O2/c1-10(2)18(7-8-19)15(20)12-9-14(16)17-13-6-4-3-5-11(12)13/h3-6,9-10,19H,7-8H2,1-2H3. The fraction of sp³-hybridized carbons (Fsp3) is 0.333. The molecule has 20 heavy (non-hydrogen) atoms. The molecule has 0 atom stereocenters. The Morgan fingerprint density at radius 1 is 1.40 bits per heavy atom. The molecule has 4 nitrogen and oxygen atoms in total. The molecule has 2 aromatic rings. The maximum Gasteiger partial charge on any atom is 0.254 e. The molecule has 2 rings (SSSR count). The Kier molecular flexibility index (Phi) is 4.57. The van der Waals surface area contributed by atoms with Crippen molar-refractivity contribution in [3.05, 3.63) is 41.0 Å². The first-order valence-electron chi connectivity index (χ1n) is 6.51. The molecule has 1 aromatic carbocycles. The number of pyridine rings is 1. The van der Waals surface area contributed by atoms with Gasteiger partial charge in [-0.2, -0.15) is 0 Å². The summed E-state index contributed by atoms with van der Waals surface area (Å²) in [6.45, 7) is 4.06. The van der Waals surface area contributed by atoms with Crippen LogP contribution >= 0.6 is 11.6 Å². The van der Waals surface area contributed by atoms with Gasteiger partial charge < -0.3 is 10.0 Å². The van der Waals surface area contributed by atoms with Gasteiger partial charge in [0.2, 0.25) is 0 Å². The van der Waals surface area contributed by atoms with Gasteiger partial charge in [0.05, 0.1) is 17.7 Å². The fourth-order valence-electron chi connectivity index (χ4n) is 2.18. The van der Waals surface area contributed by atoms with Crippen LogP contribution < -0.4 is 0 Å². The van der Waals surface area contributed by atoms with Gasteiger partial charge in [0.1, 0.15) is 5.15 Å². The Morgan fingerprint density at radius 2 is 2.10 bits per heavy atom. The lowest BCUT2D eigenvalue weighted by atomic mass is 10.1. The maximum atomic E-state index is 12.7. The molecule has 106 valence electrons. The molecule has 1 N–H and O–H groups in total. The highest BCUT2D eigenvalue weighted by atomic mass is 35.5. The van der Waals surface area contributed by atoms with Gasteiger partial charge in [-0.05, 0) is 26.0 Å². The van der Waals surface area contributed by atoms with E-state index in [9.17, 15) is 4.79 Å². The van der Waals surface area contributed by atoms with Gasteiger partial charge in [-0.25, -0.2) is 4.98 Å². The molecular formula is C15H17ClN2O2. The number of hydrogen-bond donors (Lipinski definition) is 1. The lowest BCUT2D eigenvalue weighted by Gasteiger charge is -2.26. The van der Waals surface area contributed by atoms with Crippen molar-refractivity contribution in [1.29, 1.82) is 0 Å². The lowest BCUT2D eigenvalue weighted by Crippen LogP contribution is -2.39. The zero-order valence-electron chi connectivity index (χ0n) is 11.5. The number of aromatic nitrogens is 1. The molecule has 0 fully saturated rings. The van der Waals surface area contributed by atoms with Crippen LogP contribution in [0.4, 0.5) is 0 Å². The fourth-order valence-corrected chi connectivity index (χ4v) is 2.38. The molecule has 1 heterocycles. The second-order valence-corrected chi connectivity index (χ2v) is 5.21. The number of carbonyl (C=O) groups excluding carboxylic acids is 1. The van der Waals surface area contributed by atoms with Gasteiger partial charge in [0, 0.05) is 18.0 Å². The van der Waals surface area contributed by atoms with Gasteiger partial charge in [0.25, 0.3) is 5.91 Å². The van der Waals surface area contributed by atoms with E-state index >= 15 is 0 Å². The first kappa shape index (κ1) is 14.8. The minimum atomic E-state index is -0.144. The summed E-state index contributed by atoms with van der Waals surface area (Å²) < 4.78 is 0. The number of para-hydroxylation sites is 1. The number of hydrogen-bond acceptors (Lipinski definition) is 3. The second-order valence-electron chi connectivity index (χ2n) is 4.83. The maximum absolute atomic E-state index is 12.7.